The van der Waals surface area contributed by atoms with Gasteiger partial charge in [-0.15, -0.1) is 24.8 Å². The first-order valence-electron chi connectivity index (χ1n) is 5.21. The van der Waals surface area contributed by atoms with Crippen LogP contribution in [0, 0.1) is 0 Å². The van der Waals surface area contributed by atoms with E-state index < -0.39 is 45.9 Å². The second-order valence-electron chi connectivity index (χ2n) is 3.76. The number of halogens is 7. The maximum Gasteiger partial charge on any atom is 0.573 e. The lowest BCUT2D eigenvalue weighted by Crippen LogP contribution is -2.17. The van der Waals surface area contributed by atoms with Crippen LogP contribution in [0.2, 0.25) is 0 Å². The lowest BCUT2D eigenvalue weighted by molar-refractivity contribution is -0.274. The summed E-state index contributed by atoms with van der Waals surface area (Å²) >= 11 is 4.65. The minimum atomic E-state index is -5.05. The summed E-state index contributed by atoms with van der Waals surface area (Å²) in [5.41, 5.74) is -4.72. The summed E-state index contributed by atoms with van der Waals surface area (Å²) in [5.74, 6) is -1.76. The lowest BCUT2D eigenvalue weighted by Gasteiger charge is -2.13. The van der Waals surface area contributed by atoms with Crippen molar-refractivity contribution in [2.24, 2.45) is 0 Å². The molecule has 0 aliphatic carbocycles. The first kappa shape index (κ1) is 18.0. The number of ether oxygens (including phenoxy) is 1. The van der Waals surface area contributed by atoms with Crippen molar-refractivity contribution in [3.63, 3.8) is 0 Å². The molecule has 10 heteroatoms. The fourth-order valence-corrected chi connectivity index (χ4v) is 2.14. The number of thioether (sulfide) groups is 1. The van der Waals surface area contributed by atoms with E-state index in [0.717, 1.165) is 12.1 Å². The standard InChI is InChI=1S/C11H7ClF6O2S/c12-5-7(19)1-6-2-8(20-10(13,14)15)4-9(3-6)21-11(16,17)18/h2-4H,1,5H2. The van der Waals surface area contributed by atoms with Gasteiger partial charge < -0.3 is 4.74 Å². The summed E-state index contributed by atoms with van der Waals surface area (Å²) in [7, 11) is 0. The summed E-state index contributed by atoms with van der Waals surface area (Å²) in [5, 5.41) is 0. The summed E-state index contributed by atoms with van der Waals surface area (Å²) in [6.45, 7) is 0. The van der Waals surface area contributed by atoms with Gasteiger partial charge in [0.2, 0.25) is 0 Å². The van der Waals surface area contributed by atoms with Crippen LogP contribution in [0.4, 0.5) is 26.3 Å². The number of hydrogen-bond donors (Lipinski definition) is 0. The van der Waals surface area contributed by atoms with Gasteiger partial charge in [-0.2, -0.15) is 13.2 Å². The van der Waals surface area contributed by atoms with Crippen molar-refractivity contribution in [2.75, 3.05) is 5.88 Å². The number of rotatable bonds is 5. The Morgan fingerprint density at radius 2 is 1.76 bits per heavy atom. The third-order valence-corrected chi connectivity index (χ3v) is 2.96. The molecule has 2 nitrogen and oxygen atoms in total. The Kier molecular flexibility index (Phi) is 5.80. The van der Waals surface area contributed by atoms with Crippen LogP contribution >= 0.6 is 23.4 Å². The monoisotopic (exact) mass is 352 g/mol. The highest BCUT2D eigenvalue weighted by molar-refractivity contribution is 8.00. The Labute approximate surface area is 124 Å². The summed E-state index contributed by atoms with van der Waals surface area (Å²) in [4.78, 5) is 10.6. The van der Waals surface area contributed by atoms with E-state index in [2.05, 4.69) is 4.74 Å². The highest BCUT2D eigenvalue weighted by Gasteiger charge is 2.33. The maximum atomic E-state index is 12.3. The normalized spacial score (nSPS) is 12.3. The van der Waals surface area contributed by atoms with E-state index in [1.807, 2.05) is 0 Å². The molecule has 0 saturated heterocycles. The largest absolute Gasteiger partial charge is 0.573 e. The molecule has 0 spiro atoms. The average molecular weight is 353 g/mol. The number of benzene rings is 1. The molecular formula is C11H7ClF6O2S. The maximum absolute atomic E-state index is 12.3. The SMILES string of the molecule is O=C(CCl)Cc1cc(OC(F)(F)F)cc(SC(F)(F)F)c1. The van der Waals surface area contributed by atoms with Crippen molar-refractivity contribution < 1.29 is 35.9 Å². The Morgan fingerprint density at radius 3 is 2.24 bits per heavy atom. The molecular weight excluding hydrogens is 346 g/mol. The third-order valence-electron chi connectivity index (χ3n) is 1.96. The Morgan fingerprint density at radius 1 is 1.14 bits per heavy atom. The van der Waals surface area contributed by atoms with Crippen LogP contribution < -0.4 is 4.74 Å². The zero-order valence-electron chi connectivity index (χ0n) is 10.0. The van der Waals surface area contributed by atoms with Crippen LogP contribution in [0.25, 0.3) is 0 Å². The molecule has 0 N–H and O–H groups in total. The minimum Gasteiger partial charge on any atom is -0.406 e. The molecule has 0 aliphatic heterocycles. The third kappa shape index (κ3) is 7.47. The first-order chi connectivity index (χ1) is 9.48. The van der Waals surface area contributed by atoms with Gasteiger partial charge >= 0.3 is 11.9 Å². The number of Topliss-reactive ketones (excluding diaryl/α,β-unsaturated/α-hetero) is 1. The summed E-state index contributed by atoms with van der Waals surface area (Å²) in [6.07, 6.45) is -5.43. The zero-order valence-corrected chi connectivity index (χ0v) is 11.6. The summed E-state index contributed by atoms with van der Waals surface area (Å²) < 4.78 is 76.8. The van der Waals surface area contributed by atoms with E-state index in [1.165, 1.54) is 0 Å². The van der Waals surface area contributed by atoms with Crippen molar-refractivity contribution in [1.29, 1.82) is 0 Å². The van der Waals surface area contributed by atoms with E-state index in [1.54, 1.807) is 0 Å². The molecule has 0 atom stereocenters. The number of ketones is 1. The highest BCUT2D eigenvalue weighted by Crippen LogP contribution is 2.39. The van der Waals surface area contributed by atoms with Crippen molar-refractivity contribution in [1.82, 2.24) is 0 Å². The molecule has 118 valence electrons. The number of carbonyl (C=O) groups excluding carboxylic acids is 1. The summed E-state index contributed by atoms with van der Waals surface area (Å²) in [6, 6.07) is 2.41. The van der Waals surface area contributed by atoms with Crippen LogP contribution in [-0.4, -0.2) is 23.5 Å². The van der Waals surface area contributed by atoms with E-state index in [4.69, 9.17) is 11.6 Å². The second-order valence-corrected chi connectivity index (χ2v) is 5.16. The van der Waals surface area contributed by atoms with E-state index in [9.17, 15) is 31.1 Å². The van der Waals surface area contributed by atoms with E-state index in [0.29, 0.717) is 6.07 Å². The molecule has 0 radical (unpaired) electrons. The predicted molar refractivity (Wildman–Crippen MR) is 64.5 cm³/mol. The Balaban J connectivity index is 3.10. The van der Waals surface area contributed by atoms with Gasteiger partial charge in [-0.3, -0.25) is 4.79 Å². The van der Waals surface area contributed by atoms with Gasteiger partial charge in [0.1, 0.15) is 5.75 Å². The fraction of sp³-hybridized carbons (Fsp3) is 0.364. The van der Waals surface area contributed by atoms with Crippen molar-refractivity contribution in [3.05, 3.63) is 23.8 Å². The van der Waals surface area contributed by atoms with Crippen LogP contribution in [0.1, 0.15) is 5.56 Å². The quantitative estimate of drug-likeness (QED) is 0.442. The van der Waals surface area contributed by atoms with Gasteiger partial charge in [-0.25, -0.2) is 0 Å². The van der Waals surface area contributed by atoms with Crippen LogP contribution in [0.3, 0.4) is 0 Å². The van der Waals surface area contributed by atoms with Gasteiger partial charge in [0.25, 0.3) is 0 Å². The van der Waals surface area contributed by atoms with Gasteiger partial charge in [-0.1, -0.05) is 0 Å². The van der Waals surface area contributed by atoms with Crippen molar-refractivity contribution >= 4 is 29.1 Å². The first-order valence-corrected chi connectivity index (χ1v) is 6.57. The molecule has 1 aromatic rings. The van der Waals surface area contributed by atoms with Crippen LogP contribution in [0.5, 0.6) is 5.75 Å². The zero-order chi connectivity index (χ0) is 16.3. The minimum absolute atomic E-state index is 0.0471. The molecule has 0 fully saturated rings. The van der Waals surface area contributed by atoms with Gasteiger partial charge in [0, 0.05) is 11.3 Å². The molecule has 0 saturated carbocycles. The molecule has 0 bridgehead atoms. The Hall–Kier alpha value is -1.09. The van der Waals surface area contributed by atoms with E-state index in [-0.39, 0.29) is 12.0 Å². The molecule has 0 aromatic heterocycles. The molecule has 0 aliphatic rings. The van der Waals surface area contributed by atoms with Crippen molar-refractivity contribution in [2.45, 2.75) is 23.2 Å². The average Bonchev–Trinajstić information content (AvgIpc) is 2.23. The van der Waals surface area contributed by atoms with E-state index >= 15 is 0 Å². The second kappa shape index (κ2) is 6.78. The molecule has 21 heavy (non-hydrogen) atoms. The number of alkyl halides is 7. The van der Waals surface area contributed by atoms with Gasteiger partial charge in [0.15, 0.2) is 5.78 Å². The molecule has 1 aromatic carbocycles. The van der Waals surface area contributed by atoms with Gasteiger partial charge in [0.05, 0.1) is 5.88 Å². The number of hydrogen-bond acceptors (Lipinski definition) is 3. The smallest absolute Gasteiger partial charge is 0.406 e. The Bertz CT molecular complexity index is 480. The molecule has 0 heterocycles. The number of carbonyl (C=O) groups is 1. The van der Waals surface area contributed by atoms with Crippen molar-refractivity contribution in [3.8, 4) is 5.75 Å². The molecule has 0 unspecified atom stereocenters. The van der Waals surface area contributed by atoms with Gasteiger partial charge in [-0.05, 0) is 35.5 Å². The predicted octanol–water partition coefficient (Wildman–Crippen LogP) is 4.55. The lowest BCUT2D eigenvalue weighted by atomic mass is 10.1. The van der Waals surface area contributed by atoms with Crippen LogP contribution in [0.15, 0.2) is 23.1 Å². The van der Waals surface area contributed by atoms with Crippen LogP contribution in [-0.2, 0) is 11.2 Å². The molecule has 1 rings (SSSR count). The highest BCUT2D eigenvalue weighted by atomic mass is 35.5. The fourth-order valence-electron chi connectivity index (χ4n) is 1.39. The molecule has 0 amide bonds. The topological polar surface area (TPSA) is 26.3 Å².